The topological polar surface area (TPSA) is 95.0 Å². The highest BCUT2D eigenvalue weighted by Gasteiger charge is 2.13. The van der Waals surface area contributed by atoms with E-state index >= 15 is 0 Å². The number of nitrogens with zero attached hydrogens (tertiary/aromatic N) is 2. The molecule has 1 aliphatic rings. The first kappa shape index (κ1) is 19.5. The molecule has 0 unspecified atom stereocenters. The molecule has 0 radical (unpaired) electrons. The van der Waals surface area contributed by atoms with Gasteiger partial charge in [0.1, 0.15) is 17.2 Å². The molecule has 2 aromatic rings. The van der Waals surface area contributed by atoms with Gasteiger partial charge < -0.3 is 14.8 Å². The first-order valence-electron chi connectivity index (χ1n) is 7.26. The summed E-state index contributed by atoms with van der Waals surface area (Å²) >= 11 is 7.06. The lowest BCUT2D eigenvalue weighted by Gasteiger charge is -2.08. The zero-order valence-corrected chi connectivity index (χ0v) is 15.3. The van der Waals surface area contributed by atoms with Gasteiger partial charge in [-0.05, 0) is 31.0 Å². The zero-order chi connectivity index (χ0) is 18.1. The lowest BCUT2D eigenvalue weighted by Crippen LogP contribution is -2.07. The van der Waals surface area contributed by atoms with Crippen molar-refractivity contribution in [2.75, 3.05) is 24.9 Å². The van der Waals surface area contributed by atoms with Gasteiger partial charge in [0.25, 0.3) is 0 Å². The third-order valence-electron chi connectivity index (χ3n) is 3.21. The van der Waals surface area contributed by atoms with Crippen LogP contribution in [0.25, 0.3) is 0 Å². The van der Waals surface area contributed by atoms with Gasteiger partial charge in [-0.15, -0.1) is 4.33 Å². The zero-order valence-electron chi connectivity index (χ0n) is 13.7. The summed E-state index contributed by atoms with van der Waals surface area (Å²) in [6.45, 7) is 2.88. The molecule has 0 fully saturated rings. The highest BCUT2D eigenvalue weighted by atomic mass is 35.5. The van der Waals surface area contributed by atoms with Crippen LogP contribution < -0.4 is 14.8 Å². The van der Waals surface area contributed by atoms with Crippen molar-refractivity contribution in [3.05, 3.63) is 40.8 Å². The predicted octanol–water partition coefficient (Wildman–Crippen LogP) is 3.51. The first-order chi connectivity index (χ1) is 12.2. The summed E-state index contributed by atoms with van der Waals surface area (Å²) in [4.78, 5) is 8.16. The van der Waals surface area contributed by atoms with E-state index in [1.165, 1.54) is 11.9 Å². The average Bonchev–Trinajstić information content (AvgIpc) is 3.08. The van der Waals surface area contributed by atoms with E-state index in [0.717, 1.165) is 42.2 Å². The number of nitrogens with one attached hydrogen (secondary N) is 1. The van der Waals surface area contributed by atoms with Gasteiger partial charge in [-0.3, -0.25) is 0 Å². The number of hydrogen-bond acceptors (Lipinski definition) is 9. The molecule has 0 amide bonds. The summed E-state index contributed by atoms with van der Waals surface area (Å²) in [5.74, 6) is 2.27. The maximum atomic E-state index is 7.32. The molecule has 2 heterocycles. The van der Waals surface area contributed by atoms with E-state index in [0.29, 0.717) is 17.6 Å². The monoisotopic (exact) mass is 387 g/mol. The van der Waals surface area contributed by atoms with Crippen LogP contribution in [0, 0.1) is 6.92 Å². The van der Waals surface area contributed by atoms with E-state index < -0.39 is 0 Å². The molecule has 0 aliphatic carbocycles. The Bertz CT molecular complexity index is 690. The highest BCUT2D eigenvalue weighted by Crippen LogP contribution is 2.32. The van der Waals surface area contributed by atoms with Gasteiger partial charge in [-0.25, -0.2) is 15.2 Å². The van der Waals surface area contributed by atoms with Gasteiger partial charge in [-0.1, -0.05) is 22.7 Å². The number of aromatic nitrogens is 2. The minimum Gasteiger partial charge on any atom is -0.454 e. The Morgan fingerprint density at radius 3 is 2.84 bits per heavy atom. The molecule has 0 atom stereocenters. The second-order valence-electron chi connectivity index (χ2n) is 4.80. The molecule has 0 bridgehead atoms. The second-order valence-corrected chi connectivity index (χ2v) is 5.64. The molecule has 0 saturated carbocycles. The van der Waals surface area contributed by atoms with E-state index in [2.05, 4.69) is 24.7 Å². The van der Waals surface area contributed by atoms with Crippen molar-refractivity contribution in [1.29, 1.82) is 0 Å². The molecule has 0 spiro atoms. The van der Waals surface area contributed by atoms with Crippen molar-refractivity contribution < 1.29 is 24.1 Å². The van der Waals surface area contributed by atoms with Crippen LogP contribution in [0.15, 0.2) is 24.5 Å². The van der Waals surface area contributed by atoms with Gasteiger partial charge in [0.2, 0.25) is 6.79 Å². The summed E-state index contributed by atoms with van der Waals surface area (Å²) in [5.41, 5.74) is 1.94. The van der Waals surface area contributed by atoms with E-state index in [9.17, 15) is 0 Å². The summed E-state index contributed by atoms with van der Waals surface area (Å²) in [7, 11) is 0. The molecule has 1 aromatic carbocycles. The average molecular weight is 388 g/mol. The van der Waals surface area contributed by atoms with Crippen LogP contribution in [0.1, 0.15) is 11.3 Å². The Kier molecular flexibility index (Phi) is 8.02. The van der Waals surface area contributed by atoms with Crippen LogP contribution in [0.5, 0.6) is 11.5 Å². The van der Waals surface area contributed by atoms with Crippen molar-refractivity contribution in [1.82, 2.24) is 9.97 Å². The fourth-order valence-electron chi connectivity index (χ4n) is 2.03. The minimum absolute atomic E-state index is 0.298. The van der Waals surface area contributed by atoms with Crippen LogP contribution in [-0.2, 0) is 15.8 Å². The van der Waals surface area contributed by atoms with E-state index in [1.54, 1.807) is 6.26 Å². The molecule has 1 aromatic heterocycles. The minimum atomic E-state index is 0.298. The molecular weight excluding hydrogens is 370 g/mol. The van der Waals surface area contributed by atoms with Crippen molar-refractivity contribution >= 4 is 29.5 Å². The molecule has 25 heavy (non-hydrogen) atoms. The summed E-state index contributed by atoms with van der Waals surface area (Å²) in [6, 6.07) is 5.96. The van der Waals surface area contributed by atoms with Crippen LogP contribution in [-0.4, -0.2) is 34.8 Å². The summed E-state index contributed by atoms with van der Waals surface area (Å²) in [5, 5.41) is 14.3. The van der Waals surface area contributed by atoms with E-state index in [-0.39, 0.29) is 0 Å². The van der Waals surface area contributed by atoms with Crippen molar-refractivity contribution in [3.8, 4) is 11.5 Å². The molecule has 2 N–H and O–H groups in total. The fourth-order valence-corrected chi connectivity index (χ4v) is 2.26. The second kappa shape index (κ2) is 10.3. The van der Waals surface area contributed by atoms with Crippen molar-refractivity contribution in [3.63, 3.8) is 0 Å². The normalized spacial score (nSPS) is 11.7. The van der Waals surface area contributed by atoms with Crippen molar-refractivity contribution in [2.24, 2.45) is 0 Å². The number of aryl methyl sites for hydroxylation is 1. The van der Waals surface area contributed by atoms with Gasteiger partial charge in [0, 0.05) is 24.8 Å². The quantitative estimate of drug-likeness (QED) is 0.438. The summed E-state index contributed by atoms with van der Waals surface area (Å²) < 4.78 is 14.4. The Morgan fingerprint density at radius 2 is 2.12 bits per heavy atom. The SMILES string of the molecule is CSOOO.Cc1ncnc(NCCc2ccc3c(c2)OCO3)c1Cl. The van der Waals surface area contributed by atoms with Gasteiger partial charge in [0.05, 0.1) is 5.69 Å². The van der Waals surface area contributed by atoms with Gasteiger partial charge in [-0.2, -0.15) is 0 Å². The van der Waals surface area contributed by atoms with Gasteiger partial charge >= 0.3 is 0 Å². The van der Waals surface area contributed by atoms with Crippen LogP contribution in [0.4, 0.5) is 5.82 Å². The van der Waals surface area contributed by atoms with Crippen LogP contribution in [0.3, 0.4) is 0 Å². The number of fused-ring (bicyclic) bond motifs is 1. The lowest BCUT2D eigenvalue weighted by molar-refractivity contribution is -0.432. The fraction of sp³-hybridized carbons (Fsp3) is 0.333. The molecular formula is C15H18ClN3O5S. The van der Waals surface area contributed by atoms with Crippen molar-refractivity contribution in [2.45, 2.75) is 13.3 Å². The molecule has 0 saturated heterocycles. The first-order valence-corrected chi connectivity index (χ1v) is 8.79. The van der Waals surface area contributed by atoms with Gasteiger partial charge in [0.15, 0.2) is 11.5 Å². The number of anilines is 1. The molecule has 3 rings (SSSR count). The smallest absolute Gasteiger partial charge is 0.231 e. The largest absolute Gasteiger partial charge is 0.454 e. The third-order valence-corrected chi connectivity index (χ3v) is 3.85. The number of ether oxygens (including phenoxy) is 2. The highest BCUT2D eigenvalue weighted by molar-refractivity contribution is 7.93. The number of hydrogen-bond donors (Lipinski definition) is 2. The number of halogens is 1. The third kappa shape index (κ3) is 5.91. The van der Waals surface area contributed by atoms with E-state index in [1.807, 2.05) is 25.1 Å². The number of rotatable bonds is 6. The van der Waals surface area contributed by atoms with E-state index in [4.69, 9.17) is 26.3 Å². The molecule has 8 nitrogen and oxygen atoms in total. The molecule has 1 aliphatic heterocycles. The van der Waals surface area contributed by atoms with Crippen LogP contribution in [0.2, 0.25) is 5.02 Å². The predicted molar refractivity (Wildman–Crippen MR) is 94.9 cm³/mol. The summed E-state index contributed by atoms with van der Waals surface area (Å²) in [6.07, 6.45) is 3.97. The Balaban J connectivity index is 0.000000399. The lowest BCUT2D eigenvalue weighted by atomic mass is 10.1. The number of benzene rings is 1. The van der Waals surface area contributed by atoms with Crippen LogP contribution >= 0.6 is 23.6 Å². The molecule has 10 heteroatoms. The maximum absolute atomic E-state index is 7.32. The molecule has 136 valence electrons. The Morgan fingerprint density at radius 1 is 1.32 bits per heavy atom. The standard InChI is InChI=1S/C14H14ClN3O2.CH4O3S/c1-9-13(15)14(18-7-17-9)16-5-4-10-2-3-11-12(6-10)20-8-19-11;1-5-4-3-2/h2-3,6-7H,4-5,8H2,1H3,(H,16,17,18);2H,1H3. The Labute approximate surface area is 154 Å². The Hall–Kier alpha value is -1.78. The maximum Gasteiger partial charge on any atom is 0.231 e.